The molecule has 1 amide bonds. The third kappa shape index (κ3) is 4.77. The van der Waals surface area contributed by atoms with Crippen LogP contribution in [-0.4, -0.2) is 52.1 Å². The number of ether oxygens (including phenoxy) is 2. The summed E-state index contributed by atoms with van der Waals surface area (Å²) < 4.78 is 18.4. The first-order valence-corrected chi connectivity index (χ1v) is 12.3. The second kappa shape index (κ2) is 10.3. The van der Waals surface area contributed by atoms with Crippen molar-refractivity contribution in [3.8, 4) is 11.5 Å². The highest BCUT2D eigenvalue weighted by Crippen LogP contribution is 2.41. The monoisotopic (exact) mass is 490 g/mol. The molecular weight excluding hydrogens is 464 g/mol. The Morgan fingerprint density at radius 1 is 1.11 bits per heavy atom. The maximum Gasteiger partial charge on any atom is 0.233 e. The number of nitrogens with zero attached hydrogens (tertiary/aromatic N) is 4. The molecule has 35 heavy (non-hydrogen) atoms. The Bertz CT molecular complexity index is 1290. The van der Waals surface area contributed by atoms with Gasteiger partial charge in [0.1, 0.15) is 12.1 Å². The van der Waals surface area contributed by atoms with Gasteiger partial charge in [-0.1, -0.05) is 42.1 Å². The Morgan fingerprint density at radius 2 is 1.91 bits per heavy atom. The Hall–Kier alpha value is -3.72. The van der Waals surface area contributed by atoms with Crippen molar-refractivity contribution in [1.29, 1.82) is 0 Å². The van der Waals surface area contributed by atoms with Gasteiger partial charge in [-0.15, -0.1) is 10.2 Å². The molecule has 1 aliphatic heterocycles. The van der Waals surface area contributed by atoms with E-state index in [-0.39, 0.29) is 17.7 Å². The van der Waals surface area contributed by atoms with Gasteiger partial charge in [0.25, 0.3) is 0 Å². The van der Waals surface area contributed by atoms with Gasteiger partial charge in [-0.3, -0.25) is 4.79 Å². The summed E-state index contributed by atoms with van der Waals surface area (Å²) in [4.78, 5) is 15.5. The van der Waals surface area contributed by atoms with E-state index < -0.39 is 0 Å². The number of rotatable bonds is 8. The van der Waals surface area contributed by atoms with Crippen LogP contribution in [0.1, 0.15) is 28.5 Å². The Kier molecular flexibility index (Phi) is 6.76. The van der Waals surface area contributed by atoms with Crippen LogP contribution in [0.3, 0.4) is 0 Å². The third-order valence-electron chi connectivity index (χ3n) is 6.12. The fraction of sp³-hybridized carbons (Fsp3) is 0.269. The van der Waals surface area contributed by atoms with Gasteiger partial charge in [0, 0.05) is 6.54 Å². The SMILES string of the molecule is COc1cc2c(cc1OC)C(c1ccccc1)N(C(=O)CSc1nncn1Cc1ccco1)CC2. The van der Waals surface area contributed by atoms with Gasteiger partial charge in [-0.25, -0.2) is 0 Å². The number of hydrogen-bond acceptors (Lipinski definition) is 7. The number of carbonyl (C=O) groups is 1. The van der Waals surface area contributed by atoms with Crippen LogP contribution in [0.25, 0.3) is 0 Å². The molecule has 1 atom stereocenters. The van der Waals surface area contributed by atoms with E-state index in [1.807, 2.05) is 51.9 Å². The third-order valence-corrected chi connectivity index (χ3v) is 7.09. The van der Waals surface area contributed by atoms with Crippen LogP contribution >= 0.6 is 11.8 Å². The van der Waals surface area contributed by atoms with Crippen molar-refractivity contribution >= 4 is 17.7 Å². The second-order valence-electron chi connectivity index (χ2n) is 8.17. The average molecular weight is 491 g/mol. The standard InChI is InChI=1S/C26H26N4O4S/c1-32-22-13-19-10-11-30(25(18-7-4-3-5-8-18)21(19)14-23(22)33-2)24(31)16-35-26-28-27-17-29(26)15-20-9-6-12-34-20/h3-9,12-14,17,25H,10-11,15-16H2,1-2H3. The van der Waals surface area contributed by atoms with Crippen molar-refractivity contribution < 1.29 is 18.7 Å². The minimum Gasteiger partial charge on any atom is -0.493 e. The maximum absolute atomic E-state index is 13.6. The molecule has 0 aliphatic carbocycles. The molecule has 180 valence electrons. The molecule has 1 unspecified atom stereocenters. The molecule has 0 saturated heterocycles. The summed E-state index contributed by atoms with van der Waals surface area (Å²) in [5.74, 6) is 2.45. The predicted molar refractivity (Wildman–Crippen MR) is 132 cm³/mol. The highest BCUT2D eigenvalue weighted by Gasteiger charge is 2.33. The summed E-state index contributed by atoms with van der Waals surface area (Å²) in [7, 11) is 3.27. The number of benzene rings is 2. The Balaban J connectivity index is 1.40. The topological polar surface area (TPSA) is 82.6 Å². The quantitative estimate of drug-likeness (QED) is 0.342. The molecule has 1 aliphatic rings. The number of thioether (sulfide) groups is 1. The fourth-order valence-electron chi connectivity index (χ4n) is 4.45. The number of hydrogen-bond donors (Lipinski definition) is 0. The lowest BCUT2D eigenvalue weighted by molar-refractivity contribution is -0.130. The number of carbonyl (C=O) groups excluding carboxylic acids is 1. The molecule has 0 fully saturated rings. The van der Waals surface area contributed by atoms with Crippen LogP contribution in [0.4, 0.5) is 0 Å². The van der Waals surface area contributed by atoms with E-state index in [2.05, 4.69) is 22.3 Å². The van der Waals surface area contributed by atoms with Crippen LogP contribution < -0.4 is 9.47 Å². The van der Waals surface area contributed by atoms with Crippen molar-refractivity contribution in [1.82, 2.24) is 19.7 Å². The first-order chi connectivity index (χ1) is 17.2. The van der Waals surface area contributed by atoms with E-state index in [1.54, 1.807) is 26.8 Å². The van der Waals surface area contributed by atoms with Gasteiger partial charge in [-0.05, 0) is 47.4 Å². The summed E-state index contributed by atoms with van der Waals surface area (Å²) in [6, 6.07) is 17.7. The normalized spacial score (nSPS) is 15.0. The minimum atomic E-state index is -0.214. The molecule has 4 aromatic rings. The summed E-state index contributed by atoms with van der Waals surface area (Å²) in [5, 5.41) is 8.90. The Morgan fingerprint density at radius 3 is 2.66 bits per heavy atom. The zero-order chi connectivity index (χ0) is 24.2. The number of furan rings is 1. The van der Waals surface area contributed by atoms with E-state index in [1.165, 1.54) is 11.8 Å². The summed E-state index contributed by atoms with van der Waals surface area (Å²) in [5.41, 5.74) is 3.27. The van der Waals surface area contributed by atoms with Crippen LogP contribution in [-0.2, 0) is 17.8 Å². The van der Waals surface area contributed by atoms with Crippen molar-refractivity contribution in [2.45, 2.75) is 24.2 Å². The van der Waals surface area contributed by atoms with Gasteiger partial charge in [-0.2, -0.15) is 0 Å². The summed E-state index contributed by atoms with van der Waals surface area (Å²) in [6.45, 7) is 1.13. The first kappa shape index (κ1) is 23.0. The fourth-order valence-corrected chi connectivity index (χ4v) is 5.25. The molecule has 9 heteroatoms. The van der Waals surface area contributed by atoms with Gasteiger partial charge >= 0.3 is 0 Å². The van der Waals surface area contributed by atoms with E-state index >= 15 is 0 Å². The molecule has 0 radical (unpaired) electrons. The van der Waals surface area contributed by atoms with E-state index in [0.29, 0.717) is 29.7 Å². The summed E-state index contributed by atoms with van der Waals surface area (Å²) >= 11 is 1.38. The summed E-state index contributed by atoms with van der Waals surface area (Å²) in [6.07, 6.45) is 4.03. The molecular formula is C26H26N4O4S. The van der Waals surface area contributed by atoms with E-state index in [0.717, 1.165) is 28.9 Å². The van der Waals surface area contributed by atoms with E-state index in [9.17, 15) is 4.79 Å². The molecule has 2 aromatic carbocycles. The van der Waals surface area contributed by atoms with Crippen molar-refractivity contribution in [2.75, 3.05) is 26.5 Å². The highest BCUT2D eigenvalue weighted by atomic mass is 32.2. The molecule has 0 saturated carbocycles. The predicted octanol–water partition coefficient (Wildman–Crippen LogP) is 4.20. The number of methoxy groups -OCH3 is 2. The smallest absolute Gasteiger partial charge is 0.233 e. The zero-order valence-corrected chi connectivity index (χ0v) is 20.4. The maximum atomic E-state index is 13.6. The lowest BCUT2D eigenvalue weighted by Crippen LogP contribution is -2.41. The molecule has 0 spiro atoms. The lowest BCUT2D eigenvalue weighted by Gasteiger charge is -2.38. The minimum absolute atomic E-state index is 0.0387. The molecule has 3 heterocycles. The molecule has 0 bridgehead atoms. The van der Waals surface area contributed by atoms with Crippen molar-refractivity contribution in [3.05, 3.63) is 89.6 Å². The van der Waals surface area contributed by atoms with Crippen molar-refractivity contribution in [3.63, 3.8) is 0 Å². The Labute approximate surface area is 207 Å². The van der Waals surface area contributed by atoms with Crippen LogP contribution in [0, 0.1) is 0 Å². The zero-order valence-electron chi connectivity index (χ0n) is 19.6. The van der Waals surface area contributed by atoms with Crippen molar-refractivity contribution in [2.24, 2.45) is 0 Å². The lowest BCUT2D eigenvalue weighted by atomic mass is 9.87. The van der Waals surface area contributed by atoms with Crippen LogP contribution in [0.15, 0.2) is 76.8 Å². The van der Waals surface area contributed by atoms with Crippen LogP contribution in [0.5, 0.6) is 11.5 Å². The highest BCUT2D eigenvalue weighted by molar-refractivity contribution is 7.99. The van der Waals surface area contributed by atoms with Gasteiger partial charge in [0.05, 0.1) is 38.8 Å². The van der Waals surface area contributed by atoms with Gasteiger partial charge < -0.3 is 23.4 Å². The molecule has 8 nitrogen and oxygen atoms in total. The van der Waals surface area contributed by atoms with Crippen LogP contribution in [0.2, 0.25) is 0 Å². The molecule has 0 N–H and O–H groups in total. The van der Waals surface area contributed by atoms with Gasteiger partial charge in [0.15, 0.2) is 16.7 Å². The van der Waals surface area contributed by atoms with Gasteiger partial charge in [0.2, 0.25) is 5.91 Å². The number of amides is 1. The number of aromatic nitrogens is 3. The molecule has 5 rings (SSSR count). The average Bonchev–Trinajstić information content (AvgIpc) is 3.58. The van der Waals surface area contributed by atoms with E-state index in [4.69, 9.17) is 13.9 Å². The largest absolute Gasteiger partial charge is 0.493 e. The number of fused-ring (bicyclic) bond motifs is 1. The first-order valence-electron chi connectivity index (χ1n) is 11.3. The second-order valence-corrected chi connectivity index (χ2v) is 9.11. The molecule has 2 aromatic heterocycles.